The number of carbonyl (C=O) groups is 2. The van der Waals surface area contributed by atoms with E-state index in [2.05, 4.69) is 23.6 Å². The Balaban J connectivity index is 1.65. The fraction of sp³-hybridized carbons (Fsp3) is 0.382. The third-order valence-electron chi connectivity index (χ3n) is 8.31. The molecule has 0 bridgehead atoms. The van der Waals surface area contributed by atoms with E-state index in [1.807, 2.05) is 48.2 Å². The van der Waals surface area contributed by atoms with Gasteiger partial charge in [0.05, 0.1) is 22.3 Å². The first-order valence-electron chi connectivity index (χ1n) is 14.6. The zero-order chi connectivity index (χ0) is 28.2. The van der Waals surface area contributed by atoms with Crippen LogP contribution in [0.4, 0.5) is 5.69 Å². The summed E-state index contributed by atoms with van der Waals surface area (Å²) in [6.45, 7) is 6.63. The lowest BCUT2D eigenvalue weighted by atomic mass is 9.89. The zero-order valence-corrected chi connectivity index (χ0v) is 23.8. The molecule has 0 radical (unpaired) electrons. The first kappa shape index (κ1) is 27.6. The molecule has 6 heteroatoms. The van der Waals surface area contributed by atoms with Crippen molar-refractivity contribution in [3.8, 4) is 16.8 Å². The molecule has 1 aliphatic carbocycles. The summed E-state index contributed by atoms with van der Waals surface area (Å²) in [5, 5.41) is 9.85. The number of imidazole rings is 1. The van der Waals surface area contributed by atoms with Gasteiger partial charge >= 0.3 is 5.97 Å². The number of carboxylic acid groups (broad SMARTS) is 1. The molecule has 1 fully saturated rings. The lowest BCUT2D eigenvalue weighted by Crippen LogP contribution is -2.34. The lowest BCUT2D eigenvalue weighted by Gasteiger charge is -2.29. The van der Waals surface area contributed by atoms with Crippen LogP contribution in [0.25, 0.3) is 27.8 Å². The minimum absolute atomic E-state index is 0.0608. The summed E-state index contributed by atoms with van der Waals surface area (Å²) in [4.78, 5) is 31.9. The number of amides is 1. The number of aryl methyl sites for hydroxylation is 1. The maximum absolute atomic E-state index is 12.9. The smallest absolute Gasteiger partial charge is 0.336 e. The van der Waals surface area contributed by atoms with Gasteiger partial charge in [0, 0.05) is 25.6 Å². The second-order valence-corrected chi connectivity index (χ2v) is 11.1. The van der Waals surface area contributed by atoms with E-state index in [-0.39, 0.29) is 11.5 Å². The number of fused-ring (bicyclic) bond motifs is 1. The van der Waals surface area contributed by atoms with E-state index >= 15 is 0 Å². The topological polar surface area (TPSA) is 75.4 Å². The number of aromatic nitrogens is 2. The average Bonchev–Trinajstić information content (AvgIpc) is 3.32. The van der Waals surface area contributed by atoms with Crippen LogP contribution in [0.3, 0.4) is 0 Å². The van der Waals surface area contributed by atoms with Gasteiger partial charge in [0.1, 0.15) is 5.82 Å². The molecular weight excluding hydrogens is 498 g/mol. The Bertz CT molecular complexity index is 1530. The number of rotatable bonds is 9. The number of nitrogens with zero attached hydrogens (tertiary/aromatic N) is 3. The van der Waals surface area contributed by atoms with Crippen LogP contribution in [0.1, 0.15) is 80.5 Å². The van der Waals surface area contributed by atoms with E-state index < -0.39 is 5.97 Å². The van der Waals surface area contributed by atoms with Crippen LogP contribution >= 0.6 is 0 Å². The average molecular weight is 538 g/mol. The standard InChI is InChI=1S/C34H39N3O3/c1-4-5-18-33-35-30-20-19-26(36(24(3)38)22-25-12-7-6-8-13-25)21-32(30)37(33)31-17-11-16-27(23(31)2)28-14-9-10-15-29(28)34(39)40/h9-11,14-17,19-21,25H,4-8,12-13,18,22H2,1-3H3,(H,39,40). The highest BCUT2D eigenvalue weighted by Crippen LogP contribution is 2.35. The minimum atomic E-state index is -0.941. The molecule has 40 heavy (non-hydrogen) atoms. The highest BCUT2D eigenvalue weighted by molar-refractivity contribution is 5.97. The Morgan fingerprint density at radius 2 is 1.75 bits per heavy atom. The Hall–Kier alpha value is -3.93. The molecule has 6 nitrogen and oxygen atoms in total. The quantitative estimate of drug-likeness (QED) is 0.235. The number of aromatic carboxylic acids is 1. The zero-order valence-electron chi connectivity index (χ0n) is 23.8. The van der Waals surface area contributed by atoms with Crippen molar-refractivity contribution in [3.63, 3.8) is 0 Å². The van der Waals surface area contributed by atoms with Crippen molar-refractivity contribution in [3.05, 3.63) is 77.6 Å². The minimum Gasteiger partial charge on any atom is -0.478 e. The number of benzene rings is 3. The molecular formula is C34H39N3O3. The van der Waals surface area contributed by atoms with Gasteiger partial charge in [-0.3, -0.25) is 9.36 Å². The number of carboxylic acids is 1. The van der Waals surface area contributed by atoms with E-state index in [4.69, 9.17) is 4.98 Å². The monoisotopic (exact) mass is 537 g/mol. The van der Waals surface area contributed by atoms with Gasteiger partial charge in [-0.15, -0.1) is 0 Å². The third kappa shape index (κ3) is 5.53. The fourth-order valence-electron chi connectivity index (χ4n) is 6.16. The number of unbranched alkanes of at least 4 members (excludes halogenated alkanes) is 1. The lowest BCUT2D eigenvalue weighted by molar-refractivity contribution is -0.116. The number of carbonyl (C=O) groups excluding carboxylic acids is 1. The van der Waals surface area contributed by atoms with Gasteiger partial charge in [-0.1, -0.05) is 62.9 Å². The molecule has 1 amide bonds. The molecule has 0 saturated heterocycles. The number of hydrogen-bond acceptors (Lipinski definition) is 3. The molecule has 1 aliphatic rings. The van der Waals surface area contributed by atoms with Gasteiger partial charge in [0.15, 0.2) is 0 Å². The van der Waals surface area contributed by atoms with Gasteiger partial charge in [-0.05, 0) is 79.1 Å². The number of hydrogen-bond donors (Lipinski definition) is 1. The second kappa shape index (κ2) is 12.1. The summed E-state index contributed by atoms with van der Waals surface area (Å²) >= 11 is 0. The molecule has 5 rings (SSSR count). The molecule has 0 unspecified atom stereocenters. The van der Waals surface area contributed by atoms with Crippen LogP contribution in [0, 0.1) is 12.8 Å². The fourth-order valence-corrected chi connectivity index (χ4v) is 6.16. The van der Waals surface area contributed by atoms with Crippen molar-refractivity contribution in [1.29, 1.82) is 0 Å². The van der Waals surface area contributed by atoms with E-state index in [0.29, 0.717) is 11.5 Å². The van der Waals surface area contributed by atoms with Crippen LogP contribution in [0.15, 0.2) is 60.7 Å². The summed E-state index contributed by atoms with van der Waals surface area (Å²) in [5.74, 6) is 0.628. The highest BCUT2D eigenvalue weighted by atomic mass is 16.4. The number of anilines is 1. The molecule has 3 aromatic carbocycles. The maximum atomic E-state index is 12.9. The molecule has 208 valence electrons. The normalized spacial score (nSPS) is 14.0. The largest absolute Gasteiger partial charge is 0.478 e. The first-order valence-corrected chi connectivity index (χ1v) is 14.6. The Morgan fingerprint density at radius 3 is 2.48 bits per heavy atom. The van der Waals surface area contributed by atoms with Crippen molar-refractivity contribution >= 4 is 28.6 Å². The van der Waals surface area contributed by atoms with Crippen LogP contribution in [0.2, 0.25) is 0 Å². The Morgan fingerprint density at radius 1 is 1.00 bits per heavy atom. The van der Waals surface area contributed by atoms with Gasteiger partial charge in [-0.2, -0.15) is 0 Å². The molecule has 1 aromatic heterocycles. The Kier molecular flexibility index (Phi) is 8.34. The van der Waals surface area contributed by atoms with Crippen LogP contribution in [-0.2, 0) is 11.2 Å². The predicted molar refractivity (Wildman–Crippen MR) is 161 cm³/mol. The summed E-state index contributed by atoms with van der Waals surface area (Å²) in [7, 11) is 0. The maximum Gasteiger partial charge on any atom is 0.336 e. The molecule has 0 spiro atoms. The van der Waals surface area contributed by atoms with Crippen molar-refractivity contribution in [2.24, 2.45) is 5.92 Å². The van der Waals surface area contributed by atoms with Crippen LogP contribution < -0.4 is 4.90 Å². The summed E-state index contributed by atoms with van der Waals surface area (Å²) in [6.07, 6.45) is 9.01. The molecule has 1 saturated carbocycles. The van der Waals surface area contributed by atoms with Gasteiger partial charge in [0.25, 0.3) is 0 Å². The van der Waals surface area contributed by atoms with Crippen LogP contribution in [-0.4, -0.2) is 33.1 Å². The molecule has 0 atom stereocenters. The van der Waals surface area contributed by atoms with Gasteiger partial charge in [-0.25, -0.2) is 9.78 Å². The van der Waals surface area contributed by atoms with E-state index in [0.717, 1.165) is 65.2 Å². The van der Waals surface area contributed by atoms with Crippen LogP contribution in [0.5, 0.6) is 0 Å². The molecule has 1 heterocycles. The second-order valence-electron chi connectivity index (χ2n) is 11.1. The summed E-state index contributed by atoms with van der Waals surface area (Å²) in [5.41, 5.74) is 6.60. The van der Waals surface area contributed by atoms with Crippen molar-refractivity contribution in [2.75, 3.05) is 11.4 Å². The van der Waals surface area contributed by atoms with Crippen molar-refractivity contribution in [1.82, 2.24) is 9.55 Å². The summed E-state index contributed by atoms with van der Waals surface area (Å²) in [6, 6.07) is 19.4. The van der Waals surface area contributed by atoms with E-state index in [1.165, 1.54) is 32.1 Å². The summed E-state index contributed by atoms with van der Waals surface area (Å²) < 4.78 is 2.22. The Labute approximate surface area is 236 Å². The molecule has 1 N–H and O–H groups in total. The third-order valence-corrected chi connectivity index (χ3v) is 8.31. The highest BCUT2D eigenvalue weighted by Gasteiger charge is 2.23. The van der Waals surface area contributed by atoms with Gasteiger partial charge < -0.3 is 10.0 Å². The predicted octanol–water partition coefficient (Wildman–Crippen LogP) is 7.97. The van der Waals surface area contributed by atoms with Crippen molar-refractivity contribution < 1.29 is 14.7 Å². The first-order chi connectivity index (χ1) is 19.4. The van der Waals surface area contributed by atoms with Crippen molar-refractivity contribution in [2.45, 2.75) is 72.1 Å². The van der Waals surface area contributed by atoms with E-state index in [1.54, 1.807) is 19.1 Å². The molecule has 0 aliphatic heterocycles. The van der Waals surface area contributed by atoms with Gasteiger partial charge in [0.2, 0.25) is 5.91 Å². The molecule has 4 aromatic rings. The SMILES string of the molecule is CCCCc1nc2ccc(N(CC3CCCCC3)C(C)=O)cc2n1-c1cccc(-c2ccccc2C(=O)O)c1C. The van der Waals surface area contributed by atoms with E-state index in [9.17, 15) is 14.7 Å².